The van der Waals surface area contributed by atoms with Gasteiger partial charge in [0.05, 0.1) is 21.6 Å². The average molecular weight is 435 g/mol. The largest absolute Gasteiger partial charge is 0.310 e. The van der Waals surface area contributed by atoms with Crippen LogP contribution in [0.5, 0.6) is 0 Å². The molecule has 1 N–H and O–H groups in total. The number of fused-ring (bicyclic) bond motifs is 1. The van der Waals surface area contributed by atoms with Crippen molar-refractivity contribution < 1.29 is 13.2 Å². The van der Waals surface area contributed by atoms with E-state index in [0.29, 0.717) is 18.2 Å². The van der Waals surface area contributed by atoms with E-state index in [2.05, 4.69) is 10.3 Å². The molecule has 0 aliphatic rings. The first kappa shape index (κ1) is 20.6. The Morgan fingerprint density at radius 2 is 1.71 bits per heavy atom. The first-order chi connectivity index (χ1) is 14.9. The van der Waals surface area contributed by atoms with Crippen LogP contribution in [0.25, 0.3) is 11.0 Å². The van der Waals surface area contributed by atoms with Crippen LogP contribution in [0.15, 0.2) is 83.8 Å². The summed E-state index contributed by atoms with van der Waals surface area (Å²) in [7, 11) is -2.33. The third-order valence-electron chi connectivity index (χ3n) is 5.07. The van der Waals surface area contributed by atoms with Crippen molar-refractivity contribution in [1.29, 1.82) is 0 Å². The van der Waals surface area contributed by atoms with E-state index >= 15 is 0 Å². The van der Waals surface area contributed by atoms with Crippen LogP contribution in [0.3, 0.4) is 0 Å². The monoisotopic (exact) mass is 434 g/mol. The number of benzene rings is 3. The van der Waals surface area contributed by atoms with Gasteiger partial charge in [0.2, 0.25) is 5.95 Å². The lowest BCUT2D eigenvalue weighted by Crippen LogP contribution is -2.26. The normalized spacial score (nSPS) is 11.4. The predicted molar refractivity (Wildman–Crippen MR) is 122 cm³/mol. The molecular formula is C23H22N4O3S. The average Bonchev–Trinajstić information content (AvgIpc) is 3.16. The predicted octanol–water partition coefficient (Wildman–Crippen LogP) is 4.13. The maximum atomic E-state index is 13.1. The van der Waals surface area contributed by atoms with Crippen LogP contribution >= 0.6 is 0 Å². The molecule has 7 nitrogen and oxygen atoms in total. The van der Waals surface area contributed by atoms with Crippen LogP contribution in [-0.4, -0.2) is 30.9 Å². The molecule has 4 aromatic rings. The molecule has 31 heavy (non-hydrogen) atoms. The Morgan fingerprint density at radius 3 is 2.45 bits per heavy atom. The van der Waals surface area contributed by atoms with E-state index in [0.717, 1.165) is 11.0 Å². The Hall–Kier alpha value is -3.65. The van der Waals surface area contributed by atoms with Crippen molar-refractivity contribution in [1.82, 2.24) is 9.55 Å². The second-order valence-electron chi connectivity index (χ2n) is 6.96. The zero-order chi connectivity index (χ0) is 22.0. The minimum absolute atomic E-state index is 0.0375. The molecule has 3 aromatic carbocycles. The Morgan fingerprint density at radius 1 is 1.00 bits per heavy atom. The number of nitrogens with zero attached hydrogens (tertiary/aromatic N) is 3. The Labute approximate surface area is 181 Å². The Balaban J connectivity index is 1.63. The molecule has 8 heteroatoms. The summed E-state index contributed by atoms with van der Waals surface area (Å²) in [6.45, 7) is 2.60. The summed E-state index contributed by atoms with van der Waals surface area (Å²) in [5, 5.41) is 2.81. The van der Waals surface area contributed by atoms with E-state index in [1.165, 1.54) is 23.5 Å². The van der Waals surface area contributed by atoms with Crippen molar-refractivity contribution in [3.05, 3.63) is 84.4 Å². The molecule has 0 aliphatic carbocycles. The molecule has 0 radical (unpaired) electrons. The van der Waals surface area contributed by atoms with E-state index in [1.54, 1.807) is 36.4 Å². The van der Waals surface area contributed by atoms with Crippen molar-refractivity contribution >= 4 is 38.6 Å². The standard InChI is InChI=1S/C23H22N4O3S/c1-3-27-21-15-8-7-14-20(21)24-23(27)25-22(28)17-10-9-13-19(16-17)31(29,30)26(2)18-11-5-4-6-12-18/h4-16H,3H2,1-2H3,(H,24,25,28). The quantitative estimate of drug-likeness (QED) is 0.494. The summed E-state index contributed by atoms with van der Waals surface area (Å²) in [4.78, 5) is 17.4. The van der Waals surface area contributed by atoms with E-state index in [9.17, 15) is 13.2 Å². The van der Waals surface area contributed by atoms with Gasteiger partial charge in [0.25, 0.3) is 15.9 Å². The number of hydrogen-bond donors (Lipinski definition) is 1. The van der Waals surface area contributed by atoms with Crippen molar-refractivity contribution in [2.24, 2.45) is 0 Å². The lowest BCUT2D eigenvalue weighted by molar-refractivity contribution is 0.102. The number of para-hydroxylation sites is 3. The number of amides is 1. The zero-order valence-corrected chi connectivity index (χ0v) is 18.0. The third kappa shape index (κ3) is 3.89. The fraction of sp³-hybridized carbons (Fsp3) is 0.130. The molecule has 0 spiro atoms. The molecule has 0 unspecified atom stereocenters. The molecule has 1 heterocycles. The molecule has 0 fully saturated rings. The van der Waals surface area contributed by atoms with Gasteiger partial charge in [0, 0.05) is 19.2 Å². The van der Waals surface area contributed by atoms with Crippen LogP contribution in [0.4, 0.5) is 11.6 Å². The summed E-state index contributed by atoms with van der Waals surface area (Å²) in [6.07, 6.45) is 0. The Bertz CT molecular complexity index is 1350. The fourth-order valence-electron chi connectivity index (χ4n) is 3.40. The summed E-state index contributed by atoms with van der Waals surface area (Å²) >= 11 is 0. The van der Waals surface area contributed by atoms with Gasteiger partial charge in [-0.1, -0.05) is 36.4 Å². The van der Waals surface area contributed by atoms with Crippen LogP contribution in [-0.2, 0) is 16.6 Å². The minimum atomic E-state index is -3.82. The highest BCUT2D eigenvalue weighted by Crippen LogP contribution is 2.23. The number of carbonyl (C=O) groups is 1. The lowest BCUT2D eigenvalue weighted by Gasteiger charge is -2.19. The molecule has 158 valence electrons. The third-order valence-corrected chi connectivity index (χ3v) is 6.85. The number of imidazole rings is 1. The van der Waals surface area contributed by atoms with Gasteiger partial charge in [-0.25, -0.2) is 13.4 Å². The topological polar surface area (TPSA) is 84.3 Å². The summed E-state index contributed by atoms with van der Waals surface area (Å²) in [5.74, 6) is -0.00668. The zero-order valence-electron chi connectivity index (χ0n) is 17.2. The molecule has 0 saturated carbocycles. The number of aryl methyl sites for hydroxylation is 1. The summed E-state index contributed by atoms with van der Waals surface area (Å²) in [5.41, 5.74) is 2.47. The van der Waals surface area contributed by atoms with E-state index in [-0.39, 0.29) is 10.5 Å². The van der Waals surface area contributed by atoms with Crippen molar-refractivity contribution in [2.75, 3.05) is 16.7 Å². The van der Waals surface area contributed by atoms with Crippen LogP contribution in [0, 0.1) is 0 Å². The van der Waals surface area contributed by atoms with Gasteiger partial charge in [-0.2, -0.15) is 0 Å². The Kier molecular flexibility index (Phi) is 5.48. The maximum absolute atomic E-state index is 13.1. The second kappa shape index (κ2) is 8.23. The summed E-state index contributed by atoms with van der Waals surface area (Å²) < 4.78 is 29.2. The first-order valence-corrected chi connectivity index (χ1v) is 11.3. The number of nitrogens with one attached hydrogen (secondary N) is 1. The summed E-state index contributed by atoms with van der Waals surface area (Å²) in [6, 6.07) is 22.4. The number of rotatable bonds is 6. The number of aromatic nitrogens is 2. The van der Waals surface area contributed by atoms with Gasteiger partial charge in [0.1, 0.15) is 0 Å². The molecule has 0 saturated heterocycles. The maximum Gasteiger partial charge on any atom is 0.264 e. The van der Waals surface area contributed by atoms with Gasteiger partial charge in [-0.05, 0) is 49.4 Å². The highest BCUT2D eigenvalue weighted by molar-refractivity contribution is 7.92. The molecule has 1 amide bonds. The van der Waals surface area contributed by atoms with Crippen molar-refractivity contribution in [3.63, 3.8) is 0 Å². The first-order valence-electron chi connectivity index (χ1n) is 9.82. The van der Waals surface area contributed by atoms with E-state index in [4.69, 9.17) is 0 Å². The highest BCUT2D eigenvalue weighted by Gasteiger charge is 2.23. The van der Waals surface area contributed by atoms with Gasteiger partial charge in [0.15, 0.2) is 0 Å². The number of carbonyl (C=O) groups excluding carboxylic acids is 1. The second-order valence-corrected chi connectivity index (χ2v) is 8.93. The van der Waals surface area contributed by atoms with E-state index in [1.807, 2.05) is 41.8 Å². The SMILES string of the molecule is CCn1c(NC(=O)c2cccc(S(=O)(=O)N(C)c3ccccc3)c2)nc2ccccc21. The van der Waals surface area contributed by atoms with Gasteiger partial charge >= 0.3 is 0 Å². The molecule has 1 aromatic heterocycles. The van der Waals surface area contributed by atoms with Gasteiger partial charge in [-0.3, -0.25) is 14.4 Å². The minimum Gasteiger partial charge on any atom is -0.310 e. The van der Waals surface area contributed by atoms with Crippen LogP contribution < -0.4 is 9.62 Å². The van der Waals surface area contributed by atoms with Crippen molar-refractivity contribution in [2.45, 2.75) is 18.4 Å². The molecular weight excluding hydrogens is 412 g/mol. The fourth-order valence-corrected chi connectivity index (χ4v) is 4.64. The number of hydrogen-bond acceptors (Lipinski definition) is 4. The molecule has 0 atom stereocenters. The molecule has 0 aliphatic heterocycles. The highest BCUT2D eigenvalue weighted by atomic mass is 32.2. The number of sulfonamides is 1. The van der Waals surface area contributed by atoms with Crippen LogP contribution in [0.1, 0.15) is 17.3 Å². The van der Waals surface area contributed by atoms with Gasteiger partial charge < -0.3 is 4.57 Å². The molecule has 4 rings (SSSR count). The molecule has 0 bridgehead atoms. The van der Waals surface area contributed by atoms with Crippen LogP contribution in [0.2, 0.25) is 0 Å². The smallest absolute Gasteiger partial charge is 0.264 e. The van der Waals surface area contributed by atoms with Gasteiger partial charge in [-0.15, -0.1) is 0 Å². The van der Waals surface area contributed by atoms with E-state index < -0.39 is 15.9 Å². The number of anilines is 2. The lowest BCUT2D eigenvalue weighted by atomic mass is 10.2. The van der Waals surface area contributed by atoms with Crippen molar-refractivity contribution in [3.8, 4) is 0 Å².